The van der Waals surface area contributed by atoms with Crippen LogP contribution in [0.2, 0.25) is 5.02 Å². The van der Waals surface area contributed by atoms with E-state index < -0.39 is 0 Å². The van der Waals surface area contributed by atoms with Gasteiger partial charge in [-0.15, -0.1) is 0 Å². The molecule has 0 unspecified atom stereocenters. The van der Waals surface area contributed by atoms with Gasteiger partial charge in [-0.25, -0.2) is 0 Å². The molecule has 0 radical (unpaired) electrons. The van der Waals surface area contributed by atoms with Crippen molar-refractivity contribution in [2.24, 2.45) is 0 Å². The summed E-state index contributed by atoms with van der Waals surface area (Å²) in [6.45, 7) is 0.0522. The molecule has 0 aliphatic carbocycles. The topological polar surface area (TPSA) is 83.8 Å². The van der Waals surface area contributed by atoms with Crippen LogP contribution in [-0.2, 0) is 11.3 Å². The molecule has 96 valence electrons. The van der Waals surface area contributed by atoms with E-state index in [1.807, 2.05) is 6.07 Å². The molecular weight excluding hydrogens is 264 g/mol. The first-order valence-corrected chi connectivity index (χ1v) is 5.88. The van der Waals surface area contributed by atoms with E-state index in [1.165, 1.54) is 0 Å². The smallest absolute Gasteiger partial charge is 0.244 e. The molecule has 0 bridgehead atoms. The molecule has 0 saturated heterocycles. The predicted octanol–water partition coefficient (Wildman–Crippen LogP) is 2.23. The molecule has 0 aliphatic heterocycles. The zero-order valence-electron chi connectivity index (χ0n) is 9.93. The van der Waals surface area contributed by atoms with E-state index in [4.69, 9.17) is 22.6 Å². The van der Waals surface area contributed by atoms with E-state index in [9.17, 15) is 4.79 Å². The standard InChI is InChI=1S/C13H11ClN4O/c14-11-6-9(16)3-4-12(11)17-13(19)8-18-5-1-2-10(18)7-15/h1-6H,8,16H2,(H,17,19). The highest BCUT2D eigenvalue weighted by molar-refractivity contribution is 6.34. The summed E-state index contributed by atoms with van der Waals surface area (Å²) >= 11 is 5.96. The Labute approximate surface area is 115 Å². The first-order chi connectivity index (χ1) is 9.10. The van der Waals surface area contributed by atoms with Gasteiger partial charge >= 0.3 is 0 Å². The van der Waals surface area contributed by atoms with E-state index in [0.29, 0.717) is 22.1 Å². The van der Waals surface area contributed by atoms with Gasteiger partial charge in [0.25, 0.3) is 0 Å². The van der Waals surface area contributed by atoms with Crippen LogP contribution in [0.5, 0.6) is 0 Å². The van der Waals surface area contributed by atoms with Gasteiger partial charge < -0.3 is 15.6 Å². The van der Waals surface area contributed by atoms with Crippen LogP contribution in [0.25, 0.3) is 0 Å². The van der Waals surface area contributed by atoms with Crippen molar-refractivity contribution in [2.45, 2.75) is 6.54 Å². The number of nitrogens with two attached hydrogens (primary N) is 1. The lowest BCUT2D eigenvalue weighted by molar-refractivity contribution is -0.116. The summed E-state index contributed by atoms with van der Waals surface area (Å²) in [6.07, 6.45) is 1.67. The maximum absolute atomic E-state index is 11.9. The van der Waals surface area contributed by atoms with Gasteiger partial charge in [-0.2, -0.15) is 5.26 Å². The maximum atomic E-state index is 11.9. The molecule has 2 aromatic rings. The van der Waals surface area contributed by atoms with Crippen LogP contribution < -0.4 is 11.1 Å². The van der Waals surface area contributed by atoms with Gasteiger partial charge in [-0.3, -0.25) is 4.79 Å². The second-order valence-electron chi connectivity index (χ2n) is 3.92. The number of hydrogen-bond donors (Lipinski definition) is 2. The number of carbonyl (C=O) groups is 1. The third kappa shape index (κ3) is 3.06. The SMILES string of the molecule is N#Cc1cccn1CC(=O)Nc1ccc(N)cc1Cl. The first kappa shape index (κ1) is 13.0. The monoisotopic (exact) mass is 274 g/mol. The Hall–Kier alpha value is -2.45. The average molecular weight is 275 g/mol. The highest BCUT2D eigenvalue weighted by Gasteiger charge is 2.08. The van der Waals surface area contributed by atoms with Crippen molar-refractivity contribution in [3.05, 3.63) is 47.2 Å². The van der Waals surface area contributed by atoms with Crippen LogP contribution in [0.1, 0.15) is 5.69 Å². The number of rotatable bonds is 3. The third-order valence-corrected chi connectivity index (χ3v) is 2.84. The lowest BCUT2D eigenvalue weighted by Crippen LogP contribution is -2.19. The molecule has 19 heavy (non-hydrogen) atoms. The number of aromatic nitrogens is 1. The third-order valence-electron chi connectivity index (χ3n) is 2.53. The summed E-state index contributed by atoms with van der Waals surface area (Å²) in [5, 5.41) is 11.9. The largest absolute Gasteiger partial charge is 0.399 e. The first-order valence-electron chi connectivity index (χ1n) is 5.50. The molecular formula is C13H11ClN4O. The Kier molecular flexibility index (Phi) is 3.74. The van der Waals surface area contributed by atoms with Crippen molar-refractivity contribution >= 4 is 28.9 Å². The molecule has 1 heterocycles. The number of benzene rings is 1. The molecule has 3 N–H and O–H groups in total. The van der Waals surface area contributed by atoms with Gasteiger partial charge in [-0.05, 0) is 30.3 Å². The van der Waals surface area contributed by atoms with Gasteiger partial charge in [0, 0.05) is 11.9 Å². The van der Waals surface area contributed by atoms with E-state index >= 15 is 0 Å². The minimum Gasteiger partial charge on any atom is -0.399 e. The van der Waals surface area contributed by atoms with Crippen molar-refractivity contribution in [2.75, 3.05) is 11.1 Å². The number of nitrogen functional groups attached to an aromatic ring is 1. The second-order valence-corrected chi connectivity index (χ2v) is 4.33. The van der Waals surface area contributed by atoms with Crippen LogP contribution in [0, 0.1) is 11.3 Å². The van der Waals surface area contributed by atoms with Gasteiger partial charge in [-0.1, -0.05) is 11.6 Å². The molecule has 0 aliphatic rings. The summed E-state index contributed by atoms with van der Waals surface area (Å²) in [7, 11) is 0. The van der Waals surface area contributed by atoms with E-state index in [0.717, 1.165) is 0 Å². The Morgan fingerprint density at radius 1 is 1.47 bits per heavy atom. The summed E-state index contributed by atoms with van der Waals surface area (Å²) in [5.74, 6) is -0.264. The summed E-state index contributed by atoms with van der Waals surface area (Å²) in [6, 6.07) is 10.2. The fourth-order valence-electron chi connectivity index (χ4n) is 1.63. The Balaban J connectivity index is 2.08. The molecule has 0 saturated carbocycles. The van der Waals surface area contributed by atoms with Crippen LogP contribution in [0.15, 0.2) is 36.5 Å². The van der Waals surface area contributed by atoms with Crippen LogP contribution in [-0.4, -0.2) is 10.5 Å². The van der Waals surface area contributed by atoms with Crippen molar-refractivity contribution in [3.8, 4) is 6.07 Å². The number of amides is 1. The zero-order valence-corrected chi connectivity index (χ0v) is 10.7. The van der Waals surface area contributed by atoms with Gasteiger partial charge in [0.1, 0.15) is 18.3 Å². The Morgan fingerprint density at radius 2 is 2.26 bits per heavy atom. The van der Waals surface area contributed by atoms with E-state index in [-0.39, 0.29) is 12.5 Å². The van der Waals surface area contributed by atoms with Crippen molar-refractivity contribution < 1.29 is 4.79 Å². The maximum Gasteiger partial charge on any atom is 0.244 e. The van der Waals surface area contributed by atoms with Gasteiger partial charge in [0.05, 0.1) is 10.7 Å². The van der Waals surface area contributed by atoms with Crippen LogP contribution >= 0.6 is 11.6 Å². The predicted molar refractivity (Wildman–Crippen MR) is 73.6 cm³/mol. The molecule has 1 aromatic heterocycles. The molecule has 2 rings (SSSR count). The number of anilines is 2. The number of carbonyl (C=O) groups excluding carboxylic acids is 1. The summed E-state index contributed by atoms with van der Waals surface area (Å²) < 4.78 is 1.56. The lowest BCUT2D eigenvalue weighted by atomic mass is 10.3. The average Bonchev–Trinajstić information content (AvgIpc) is 2.80. The number of nitrogens with zero attached hydrogens (tertiary/aromatic N) is 2. The number of hydrogen-bond acceptors (Lipinski definition) is 3. The molecule has 1 amide bonds. The van der Waals surface area contributed by atoms with Crippen molar-refractivity contribution in [1.29, 1.82) is 5.26 Å². The number of halogens is 1. The highest BCUT2D eigenvalue weighted by Crippen LogP contribution is 2.23. The fourth-order valence-corrected chi connectivity index (χ4v) is 1.87. The zero-order chi connectivity index (χ0) is 13.8. The molecule has 0 spiro atoms. The number of nitriles is 1. The minimum absolute atomic E-state index is 0.0522. The second kappa shape index (κ2) is 5.46. The minimum atomic E-state index is -0.264. The van der Waals surface area contributed by atoms with Crippen molar-refractivity contribution in [1.82, 2.24) is 4.57 Å². The lowest BCUT2D eigenvalue weighted by Gasteiger charge is -2.09. The van der Waals surface area contributed by atoms with Crippen LogP contribution in [0.4, 0.5) is 11.4 Å². The molecule has 0 atom stereocenters. The Bertz CT molecular complexity index is 657. The summed E-state index contributed by atoms with van der Waals surface area (Å²) in [4.78, 5) is 11.9. The van der Waals surface area contributed by atoms with Gasteiger partial charge in [0.15, 0.2) is 0 Å². The summed E-state index contributed by atoms with van der Waals surface area (Å²) in [5.41, 5.74) is 7.02. The van der Waals surface area contributed by atoms with Gasteiger partial charge in [0.2, 0.25) is 5.91 Å². The Morgan fingerprint density at radius 3 is 2.95 bits per heavy atom. The van der Waals surface area contributed by atoms with E-state index in [1.54, 1.807) is 41.1 Å². The fraction of sp³-hybridized carbons (Fsp3) is 0.0769. The highest BCUT2D eigenvalue weighted by atomic mass is 35.5. The van der Waals surface area contributed by atoms with E-state index in [2.05, 4.69) is 5.32 Å². The normalized spacial score (nSPS) is 9.89. The molecule has 0 fully saturated rings. The molecule has 6 heteroatoms. The number of nitrogens with one attached hydrogen (secondary N) is 1. The molecule has 5 nitrogen and oxygen atoms in total. The van der Waals surface area contributed by atoms with Crippen LogP contribution in [0.3, 0.4) is 0 Å². The quantitative estimate of drug-likeness (QED) is 0.842. The van der Waals surface area contributed by atoms with Crippen molar-refractivity contribution in [3.63, 3.8) is 0 Å². The molecule has 1 aromatic carbocycles.